The number of nitrogens with zero attached hydrogens (tertiary/aromatic N) is 5. The Labute approximate surface area is 585 Å². The maximum absolute atomic E-state index is 14.6. The predicted molar refractivity (Wildman–Crippen MR) is 369 cm³/mol. The zero-order valence-electron chi connectivity index (χ0n) is 56.2. The van der Waals surface area contributed by atoms with Crippen molar-refractivity contribution in [2.24, 2.45) is 17.4 Å². The number of pyridine rings is 1. The number of halogens is 1. The summed E-state index contributed by atoms with van der Waals surface area (Å²) in [7, 11) is 1.48. The van der Waals surface area contributed by atoms with Crippen LogP contribution < -0.4 is 63.6 Å². The summed E-state index contributed by atoms with van der Waals surface area (Å²) >= 11 is 6.65. The number of ether oxygens (including phenoxy) is 5. The summed E-state index contributed by atoms with van der Waals surface area (Å²) in [5.41, 5.74) is 14.6. The number of nitrogens with two attached hydrogens (primary N) is 2. The van der Waals surface area contributed by atoms with Crippen molar-refractivity contribution in [1.29, 1.82) is 0 Å². The van der Waals surface area contributed by atoms with E-state index in [9.17, 15) is 63.0 Å². The molecule has 101 heavy (non-hydrogen) atoms. The van der Waals surface area contributed by atoms with Crippen molar-refractivity contribution in [1.82, 2.24) is 51.1 Å². The van der Waals surface area contributed by atoms with Crippen molar-refractivity contribution < 1.29 is 86.6 Å². The lowest BCUT2D eigenvalue weighted by Crippen LogP contribution is -2.54. The number of alkyl halides is 1. The van der Waals surface area contributed by atoms with Crippen molar-refractivity contribution in [2.45, 2.75) is 58.2 Å². The summed E-state index contributed by atoms with van der Waals surface area (Å²) in [6.07, 6.45) is 0.887. The molecule has 0 fully saturated rings. The number of aryl methyl sites for hydroxylation is 1. The monoisotopic (exact) mass is 1420 g/mol. The highest BCUT2D eigenvalue weighted by Gasteiger charge is 2.37. The van der Waals surface area contributed by atoms with Crippen molar-refractivity contribution in [3.05, 3.63) is 125 Å². The third-order valence-corrected chi connectivity index (χ3v) is 16.0. The minimum Gasteiger partial charge on any atom is -0.508 e. The molecule has 33 nitrogen and oxygen atoms in total. The van der Waals surface area contributed by atoms with Gasteiger partial charge in [0.25, 0.3) is 11.8 Å². The molecule has 0 saturated carbocycles. The molecular formula is C67H84ClN15O18. The van der Waals surface area contributed by atoms with Gasteiger partial charge < -0.3 is 107 Å². The molecule has 14 N–H and O–H groups in total. The van der Waals surface area contributed by atoms with Gasteiger partial charge in [0.05, 0.1) is 64.0 Å². The molecule has 2 aromatic heterocycles. The van der Waals surface area contributed by atoms with Gasteiger partial charge in [-0.05, 0) is 96.3 Å². The fraction of sp³-hybridized carbons (Fsp3) is 0.403. The lowest BCUT2D eigenvalue weighted by Gasteiger charge is -2.26. The number of alkyl carbamates (subject to hydrolysis) is 1. The first-order valence-corrected chi connectivity index (χ1v) is 32.8. The highest BCUT2D eigenvalue weighted by Crippen LogP contribution is 2.47. The fourth-order valence-electron chi connectivity index (χ4n) is 10.4. The number of aromatic nitrogens is 2. The van der Waals surface area contributed by atoms with E-state index in [2.05, 4.69) is 47.5 Å². The number of aliphatic hydroxyl groups excluding tert-OH is 1. The number of amides is 12. The fourth-order valence-corrected chi connectivity index (χ4v) is 10.7. The molecule has 0 bridgehead atoms. The van der Waals surface area contributed by atoms with Crippen molar-refractivity contribution in [2.75, 3.05) is 127 Å². The Morgan fingerprint density at radius 2 is 1.46 bits per heavy atom. The standard InChI is InChI=1S/C67H84ClN15O18/c1-40(2)59(79-65(94)99-30-29-97-26-21-71-55(87)34-74-56(88)35-73-54(86)33-69)62(91)78-49(9-6-20-72-64(70)93)61(90)75-45-14-10-42(11-15-45)39-100-66(95)80(4)22-23-81(24-27-98-28-25-84)67(96)101-52-31-51-58(57-41(3)7-5-8-48(52)57)44(32-68)36-83(51)63(92)50-38-82-37-46(16-19-53(82)77-50)76-60(89)43-12-17-47(85)18-13-43/h5,7-8,10-19,31,37-38,40,44,49,59,84-85H,6,9,20-30,32-36,39,69H2,1-4H3,(H,71,87)(H,73,86)(H,74,88)(H,75,90)(H,76,89)(H,78,91)(H,79,94)(H3,70,72,93)/t44-,49+,59+/m1/s1. The lowest BCUT2D eigenvalue weighted by atomic mass is 9.92. The first-order valence-electron chi connectivity index (χ1n) is 32.3. The number of benzene rings is 4. The largest absolute Gasteiger partial charge is 0.508 e. The minimum atomic E-state index is -1.18. The van der Waals surface area contributed by atoms with Crippen LogP contribution in [0.3, 0.4) is 0 Å². The number of phenolic OH excluding ortho intramolecular Hbond substituents is 1. The van der Waals surface area contributed by atoms with E-state index in [1.54, 1.807) is 84.1 Å². The van der Waals surface area contributed by atoms with Crippen LogP contribution in [0.15, 0.2) is 97.3 Å². The van der Waals surface area contributed by atoms with Crippen LogP contribution in [0.1, 0.15) is 70.1 Å². The van der Waals surface area contributed by atoms with Crippen LogP contribution >= 0.6 is 11.6 Å². The molecule has 3 atom stereocenters. The van der Waals surface area contributed by atoms with Gasteiger partial charge >= 0.3 is 24.3 Å². The first kappa shape index (κ1) is 77.5. The molecule has 4 aromatic carbocycles. The zero-order chi connectivity index (χ0) is 73.1. The molecule has 542 valence electrons. The summed E-state index contributed by atoms with van der Waals surface area (Å²) in [5.74, 6) is -4.37. The third-order valence-electron chi connectivity index (χ3n) is 15.7. The van der Waals surface area contributed by atoms with Crippen molar-refractivity contribution in [3.8, 4) is 11.5 Å². The number of phenols is 1. The second-order valence-electron chi connectivity index (χ2n) is 23.5. The zero-order valence-corrected chi connectivity index (χ0v) is 56.9. The smallest absolute Gasteiger partial charge is 0.415 e. The quantitative estimate of drug-likeness (QED) is 0.0199. The number of carbonyl (C=O) groups is 11. The van der Waals surface area contributed by atoms with E-state index in [1.165, 1.54) is 41.1 Å². The molecule has 1 aliphatic rings. The van der Waals surface area contributed by atoms with E-state index >= 15 is 0 Å². The molecular weight excluding hydrogens is 1340 g/mol. The van der Waals surface area contributed by atoms with E-state index in [0.717, 1.165) is 16.5 Å². The molecule has 0 unspecified atom stereocenters. The summed E-state index contributed by atoms with van der Waals surface area (Å²) < 4.78 is 29.6. The third kappa shape index (κ3) is 23.1. The lowest BCUT2D eigenvalue weighted by molar-refractivity contribution is -0.128. The van der Waals surface area contributed by atoms with Crippen LogP contribution in [0.25, 0.3) is 16.4 Å². The van der Waals surface area contributed by atoms with E-state index in [1.807, 2.05) is 19.1 Å². The molecule has 0 saturated heterocycles. The topological polar surface area (TPSA) is 450 Å². The van der Waals surface area contributed by atoms with Crippen LogP contribution in [-0.4, -0.2) is 219 Å². The van der Waals surface area contributed by atoms with E-state index in [4.69, 9.17) is 46.8 Å². The van der Waals surface area contributed by atoms with E-state index in [0.29, 0.717) is 39.2 Å². The highest BCUT2D eigenvalue weighted by molar-refractivity contribution is 6.19. The molecule has 0 spiro atoms. The van der Waals surface area contributed by atoms with Gasteiger partial charge in [0.2, 0.25) is 29.5 Å². The average Bonchev–Trinajstić information content (AvgIpc) is 1.67. The number of anilines is 3. The second kappa shape index (κ2) is 38.5. The molecule has 34 heteroatoms. The van der Waals surface area contributed by atoms with Crippen LogP contribution in [0.2, 0.25) is 0 Å². The predicted octanol–water partition coefficient (Wildman–Crippen LogP) is 2.76. The Hall–Kier alpha value is -10.9. The van der Waals surface area contributed by atoms with Crippen LogP contribution in [0, 0.1) is 12.8 Å². The number of primary amides is 1. The number of rotatable bonds is 36. The van der Waals surface area contributed by atoms with Crippen LogP contribution in [0.5, 0.6) is 11.5 Å². The Bertz CT molecular complexity index is 3920. The Balaban J connectivity index is 0.921. The number of nitrogens with one attached hydrogen (secondary N) is 8. The van der Waals surface area contributed by atoms with Gasteiger partial charge in [-0.3, -0.25) is 33.6 Å². The number of likely N-dealkylation sites (N-methyl/N-ethyl adjacent to an activating group) is 1. The van der Waals surface area contributed by atoms with Gasteiger partial charge in [0.1, 0.15) is 48.1 Å². The average molecular weight is 1420 g/mol. The van der Waals surface area contributed by atoms with Crippen LogP contribution in [0.4, 0.5) is 36.2 Å². The molecule has 1 aliphatic heterocycles. The number of fused-ring (bicyclic) bond motifs is 4. The molecule has 0 radical (unpaired) electrons. The Morgan fingerprint density at radius 3 is 2.16 bits per heavy atom. The van der Waals surface area contributed by atoms with Crippen molar-refractivity contribution >= 4 is 111 Å². The summed E-state index contributed by atoms with van der Waals surface area (Å²) in [5, 5.41) is 40.7. The molecule has 12 amide bonds. The van der Waals surface area contributed by atoms with Gasteiger partial charge in [0.15, 0.2) is 0 Å². The van der Waals surface area contributed by atoms with Crippen LogP contribution in [-0.2, 0) is 49.5 Å². The number of aromatic hydroxyl groups is 1. The van der Waals surface area contributed by atoms with E-state index < -0.39 is 83.7 Å². The SMILES string of the molecule is Cc1cccc2c(OC(=O)N(CCOCCO)CCN(C)C(=O)OCc3ccc(NC(=O)[C@H](CCCNC(N)=O)NC(=O)[C@@H](NC(=O)OCCOCCNC(=O)CNC(=O)CNC(=O)CN)C(C)C)cc3)cc3c(c12)[C@H](CCl)CN3C(=O)c1cn2cc(NC(=O)c3ccc(O)cc3)ccc2n1. The Kier molecular flexibility index (Phi) is 29.5. The molecule has 7 rings (SSSR count). The summed E-state index contributed by atoms with van der Waals surface area (Å²) in [4.78, 5) is 151. The van der Waals surface area contributed by atoms with Gasteiger partial charge in [-0.1, -0.05) is 44.2 Å². The van der Waals surface area contributed by atoms with Gasteiger partial charge in [0, 0.05) is 93.2 Å². The van der Waals surface area contributed by atoms with Gasteiger partial charge in [-0.25, -0.2) is 24.2 Å². The number of urea groups is 1. The summed E-state index contributed by atoms with van der Waals surface area (Å²) in [6, 6.07) is 19.4. The van der Waals surface area contributed by atoms with Crippen molar-refractivity contribution in [3.63, 3.8) is 0 Å². The first-order chi connectivity index (χ1) is 48.5. The Morgan fingerprint density at radius 1 is 0.743 bits per heavy atom. The second-order valence-corrected chi connectivity index (χ2v) is 23.8. The number of imidazole rings is 1. The molecule has 0 aliphatic carbocycles. The highest BCUT2D eigenvalue weighted by atomic mass is 35.5. The minimum absolute atomic E-state index is 0.00318. The number of aliphatic hydroxyl groups is 1. The number of hydrogen-bond acceptors (Lipinski definition) is 20. The molecule has 6 aromatic rings. The maximum Gasteiger partial charge on any atom is 0.415 e. The number of carbonyl (C=O) groups excluding carboxylic acids is 11. The normalized spacial score (nSPS) is 12.9. The maximum atomic E-state index is 14.6. The van der Waals surface area contributed by atoms with Gasteiger partial charge in [-0.15, -0.1) is 11.6 Å². The summed E-state index contributed by atoms with van der Waals surface area (Å²) in [6.45, 7) is 3.70. The number of hydrogen-bond donors (Lipinski definition) is 12. The van der Waals surface area contributed by atoms with E-state index in [-0.39, 0.29) is 147 Å². The van der Waals surface area contributed by atoms with Gasteiger partial charge in [-0.2, -0.15) is 0 Å². The molecule has 3 heterocycles.